The fourth-order valence-electron chi connectivity index (χ4n) is 2.10. The second-order valence-corrected chi connectivity index (χ2v) is 4.59. The van der Waals surface area contributed by atoms with Crippen LogP contribution in [0.3, 0.4) is 0 Å². The van der Waals surface area contributed by atoms with Crippen LogP contribution in [-0.4, -0.2) is 41.1 Å². The van der Waals surface area contributed by atoms with E-state index in [1.54, 1.807) is 18.7 Å². The minimum absolute atomic E-state index is 0.0843. The standard InChI is InChI=1S/C12H17N3O4/c1-7-9(10(13)19-14-7)12(17)18-8(2)11(16)15-5-3-4-6-15/h8H,3-6,13H2,1-2H3. The lowest BCUT2D eigenvalue weighted by atomic mass is 10.2. The summed E-state index contributed by atoms with van der Waals surface area (Å²) in [7, 11) is 0. The summed E-state index contributed by atoms with van der Waals surface area (Å²) < 4.78 is 9.81. The van der Waals surface area contributed by atoms with E-state index in [1.807, 2.05) is 0 Å². The first-order valence-electron chi connectivity index (χ1n) is 6.22. The van der Waals surface area contributed by atoms with E-state index in [0.29, 0.717) is 5.69 Å². The maximum Gasteiger partial charge on any atom is 0.346 e. The first-order valence-corrected chi connectivity index (χ1v) is 6.22. The zero-order valence-electron chi connectivity index (χ0n) is 11.0. The van der Waals surface area contributed by atoms with Gasteiger partial charge in [-0.05, 0) is 26.7 Å². The quantitative estimate of drug-likeness (QED) is 0.811. The number of carbonyl (C=O) groups is 2. The number of anilines is 1. The highest BCUT2D eigenvalue weighted by Gasteiger charge is 2.28. The molecule has 19 heavy (non-hydrogen) atoms. The molecule has 104 valence electrons. The SMILES string of the molecule is Cc1noc(N)c1C(=O)OC(C)C(=O)N1CCCC1. The van der Waals surface area contributed by atoms with Gasteiger partial charge in [0, 0.05) is 13.1 Å². The van der Waals surface area contributed by atoms with Crippen molar-refractivity contribution >= 4 is 17.8 Å². The van der Waals surface area contributed by atoms with Gasteiger partial charge in [-0.3, -0.25) is 4.79 Å². The van der Waals surface area contributed by atoms with Crippen LogP contribution in [0.25, 0.3) is 0 Å². The van der Waals surface area contributed by atoms with Crippen LogP contribution >= 0.6 is 0 Å². The van der Waals surface area contributed by atoms with Gasteiger partial charge in [0.15, 0.2) is 6.10 Å². The van der Waals surface area contributed by atoms with Gasteiger partial charge in [-0.2, -0.15) is 0 Å². The summed E-state index contributed by atoms with van der Waals surface area (Å²) in [5.41, 5.74) is 5.93. The number of likely N-dealkylation sites (tertiary alicyclic amines) is 1. The van der Waals surface area contributed by atoms with Crippen LogP contribution in [0, 0.1) is 6.92 Å². The number of hydrogen-bond donors (Lipinski definition) is 1. The third-order valence-electron chi connectivity index (χ3n) is 3.14. The van der Waals surface area contributed by atoms with Gasteiger partial charge in [0.2, 0.25) is 5.88 Å². The zero-order valence-corrected chi connectivity index (χ0v) is 11.0. The average Bonchev–Trinajstić information content (AvgIpc) is 2.98. The molecular weight excluding hydrogens is 250 g/mol. The van der Waals surface area contributed by atoms with Crippen molar-refractivity contribution in [2.24, 2.45) is 0 Å². The van der Waals surface area contributed by atoms with E-state index in [1.165, 1.54) is 0 Å². The summed E-state index contributed by atoms with van der Waals surface area (Å²) in [6.45, 7) is 4.57. The Bertz CT molecular complexity index is 472. The highest BCUT2D eigenvalue weighted by atomic mass is 16.5. The molecule has 1 aliphatic rings. The monoisotopic (exact) mass is 267 g/mol. The van der Waals surface area contributed by atoms with Gasteiger partial charge in [0.25, 0.3) is 5.91 Å². The van der Waals surface area contributed by atoms with Crippen LogP contribution in [0.5, 0.6) is 0 Å². The van der Waals surface area contributed by atoms with Gasteiger partial charge in [-0.1, -0.05) is 5.16 Å². The molecule has 7 nitrogen and oxygen atoms in total. The first-order chi connectivity index (χ1) is 9.00. The largest absolute Gasteiger partial charge is 0.449 e. The van der Waals surface area contributed by atoms with Crippen molar-refractivity contribution in [2.75, 3.05) is 18.8 Å². The Kier molecular flexibility index (Phi) is 3.73. The lowest BCUT2D eigenvalue weighted by Gasteiger charge is -2.20. The molecule has 0 aliphatic carbocycles. The van der Waals surface area contributed by atoms with Crippen molar-refractivity contribution in [3.8, 4) is 0 Å². The Morgan fingerprint density at radius 2 is 2.05 bits per heavy atom. The van der Waals surface area contributed by atoms with E-state index in [0.717, 1.165) is 25.9 Å². The fourth-order valence-corrected chi connectivity index (χ4v) is 2.10. The highest BCUT2D eigenvalue weighted by molar-refractivity contribution is 5.96. The molecule has 0 bridgehead atoms. The van der Waals surface area contributed by atoms with E-state index >= 15 is 0 Å². The predicted octanol–water partition coefficient (Wildman–Crippen LogP) is 0.733. The van der Waals surface area contributed by atoms with Gasteiger partial charge in [-0.15, -0.1) is 0 Å². The average molecular weight is 267 g/mol. The Labute approximate surface area is 110 Å². The topological polar surface area (TPSA) is 98.7 Å². The fraction of sp³-hybridized carbons (Fsp3) is 0.583. The van der Waals surface area contributed by atoms with E-state index in [4.69, 9.17) is 10.5 Å². The second kappa shape index (κ2) is 5.29. The van der Waals surface area contributed by atoms with E-state index in [2.05, 4.69) is 9.68 Å². The number of esters is 1. The minimum Gasteiger partial charge on any atom is -0.449 e. The highest BCUT2D eigenvalue weighted by Crippen LogP contribution is 2.18. The summed E-state index contributed by atoms with van der Waals surface area (Å²) in [5.74, 6) is -0.960. The number of aryl methyl sites for hydroxylation is 1. The number of nitrogen functional groups attached to an aromatic ring is 1. The molecule has 1 unspecified atom stereocenters. The van der Waals surface area contributed by atoms with Gasteiger partial charge in [0.1, 0.15) is 5.56 Å². The van der Waals surface area contributed by atoms with Crippen molar-refractivity contribution in [3.05, 3.63) is 11.3 Å². The van der Waals surface area contributed by atoms with Crippen LogP contribution in [-0.2, 0) is 9.53 Å². The van der Waals surface area contributed by atoms with Crippen molar-refractivity contribution in [3.63, 3.8) is 0 Å². The molecule has 1 aromatic rings. The predicted molar refractivity (Wildman–Crippen MR) is 66.3 cm³/mol. The smallest absolute Gasteiger partial charge is 0.346 e. The first kappa shape index (κ1) is 13.4. The van der Waals surface area contributed by atoms with Crippen LogP contribution in [0.15, 0.2) is 4.52 Å². The molecule has 2 heterocycles. The van der Waals surface area contributed by atoms with Crippen LogP contribution in [0.1, 0.15) is 35.8 Å². The molecule has 7 heteroatoms. The van der Waals surface area contributed by atoms with Crippen LogP contribution < -0.4 is 5.73 Å². The van der Waals surface area contributed by atoms with Gasteiger partial charge < -0.3 is 19.9 Å². The number of nitrogens with zero attached hydrogens (tertiary/aromatic N) is 2. The Hall–Kier alpha value is -2.05. The molecule has 1 saturated heterocycles. The summed E-state index contributed by atoms with van der Waals surface area (Å²) in [4.78, 5) is 25.6. The van der Waals surface area contributed by atoms with Crippen molar-refractivity contribution in [1.82, 2.24) is 10.1 Å². The van der Waals surface area contributed by atoms with E-state index < -0.39 is 12.1 Å². The molecule has 1 aliphatic heterocycles. The summed E-state index contributed by atoms with van der Waals surface area (Å²) in [5, 5.41) is 3.57. The molecule has 1 aromatic heterocycles. The number of hydrogen-bond acceptors (Lipinski definition) is 6. The minimum atomic E-state index is -0.834. The molecular formula is C12H17N3O4. The maximum absolute atomic E-state index is 12.0. The number of nitrogens with two attached hydrogens (primary N) is 1. The van der Waals surface area contributed by atoms with Crippen molar-refractivity contribution in [1.29, 1.82) is 0 Å². The number of amides is 1. The van der Waals surface area contributed by atoms with Crippen molar-refractivity contribution in [2.45, 2.75) is 32.8 Å². The number of aromatic nitrogens is 1. The summed E-state index contributed by atoms with van der Waals surface area (Å²) in [6, 6.07) is 0. The molecule has 2 N–H and O–H groups in total. The number of rotatable bonds is 3. The third-order valence-corrected chi connectivity index (χ3v) is 3.14. The number of carbonyl (C=O) groups excluding carboxylic acids is 2. The molecule has 0 saturated carbocycles. The second-order valence-electron chi connectivity index (χ2n) is 4.59. The van der Waals surface area contributed by atoms with Crippen LogP contribution in [0.2, 0.25) is 0 Å². The maximum atomic E-state index is 12.0. The van der Waals surface area contributed by atoms with Crippen LogP contribution in [0.4, 0.5) is 5.88 Å². The molecule has 1 amide bonds. The summed E-state index contributed by atoms with van der Waals surface area (Å²) >= 11 is 0. The molecule has 0 aromatic carbocycles. The molecule has 0 radical (unpaired) electrons. The third kappa shape index (κ3) is 2.69. The Morgan fingerprint density at radius 1 is 1.42 bits per heavy atom. The van der Waals surface area contributed by atoms with Gasteiger partial charge >= 0.3 is 5.97 Å². The van der Waals surface area contributed by atoms with Gasteiger partial charge in [0.05, 0.1) is 5.69 Å². The Balaban J connectivity index is 2.00. The normalized spacial score (nSPS) is 16.4. The summed E-state index contributed by atoms with van der Waals surface area (Å²) in [6.07, 6.45) is 1.15. The lowest BCUT2D eigenvalue weighted by molar-refractivity contribution is -0.138. The molecule has 2 rings (SSSR count). The van der Waals surface area contributed by atoms with E-state index in [-0.39, 0.29) is 17.4 Å². The Morgan fingerprint density at radius 3 is 2.58 bits per heavy atom. The molecule has 1 fully saturated rings. The molecule has 0 spiro atoms. The molecule has 1 atom stereocenters. The van der Waals surface area contributed by atoms with Gasteiger partial charge in [-0.25, -0.2) is 4.79 Å². The zero-order chi connectivity index (χ0) is 14.0. The van der Waals surface area contributed by atoms with Crippen molar-refractivity contribution < 1.29 is 18.8 Å². The van der Waals surface area contributed by atoms with E-state index in [9.17, 15) is 9.59 Å². The lowest BCUT2D eigenvalue weighted by Crippen LogP contribution is -2.38. The number of ether oxygens (including phenoxy) is 1.